The number of anilines is 1. The summed E-state index contributed by atoms with van der Waals surface area (Å²) < 4.78 is 36.6. The molecule has 17 heteroatoms. The zero-order chi connectivity index (χ0) is 45.5. The Balaban J connectivity index is 0.933. The van der Waals surface area contributed by atoms with Gasteiger partial charge in [-0.1, -0.05) is 43.2 Å². The number of likely N-dealkylation sites (N-methyl/N-ethyl adjacent to an activating group) is 1. The van der Waals surface area contributed by atoms with Crippen LogP contribution in [0.3, 0.4) is 0 Å². The van der Waals surface area contributed by atoms with Gasteiger partial charge in [-0.05, 0) is 97.7 Å². The number of carbonyl (C=O) groups is 1. The molecule has 0 spiro atoms. The van der Waals surface area contributed by atoms with E-state index in [1.54, 1.807) is 36.7 Å². The van der Waals surface area contributed by atoms with Gasteiger partial charge in [-0.15, -0.1) is 11.8 Å². The van der Waals surface area contributed by atoms with E-state index in [2.05, 4.69) is 67.3 Å². The largest absolute Gasteiger partial charge is 0.455 e. The Labute approximate surface area is 389 Å². The van der Waals surface area contributed by atoms with Crippen LogP contribution in [0, 0.1) is 21.4 Å². The van der Waals surface area contributed by atoms with Gasteiger partial charge in [-0.2, -0.15) is 0 Å². The van der Waals surface area contributed by atoms with E-state index in [0.29, 0.717) is 34.0 Å². The number of thioether (sulfide) groups is 1. The van der Waals surface area contributed by atoms with Crippen molar-refractivity contribution in [3.8, 4) is 11.5 Å². The van der Waals surface area contributed by atoms with Gasteiger partial charge in [0.1, 0.15) is 17.1 Å². The van der Waals surface area contributed by atoms with Crippen molar-refractivity contribution >= 4 is 67.3 Å². The van der Waals surface area contributed by atoms with E-state index in [0.717, 1.165) is 107 Å². The molecule has 2 aromatic heterocycles. The van der Waals surface area contributed by atoms with Crippen LogP contribution in [0.2, 0.25) is 5.02 Å². The Morgan fingerprint density at radius 3 is 2.51 bits per heavy atom. The Morgan fingerprint density at radius 2 is 1.75 bits per heavy atom. The third-order valence-corrected chi connectivity index (χ3v) is 16.2. The van der Waals surface area contributed by atoms with Gasteiger partial charge < -0.3 is 24.4 Å². The van der Waals surface area contributed by atoms with E-state index in [4.69, 9.17) is 16.3 Å². The lowest BCUT2D eigenvalue weighted by molar-refractivity contribution is -0.386. The first-order chi connectivity index (χ1) is 31.2. The molecule has 342 valence electrons. The summed E-state index contributed by atoms with van der Waals surface area (Å²) in [6.07, 6.45) is 7.00. The summed E-state index contributed by atoms with van der Waals surface area (Å²) in [6, 6.07) is 19.5. The number of piperazine rings is 2. The van der Waals surface area contributed by atoms with Gasteiger partial charge in [0.15, 0.2) is 0 Å². The van der Waals surface area contributed by atoms with Gasteiger partial charge >= 0.3 is 0 Å². The summed E-state index contributed by atoms with van der Waals surface area (Å²) in [5.74, 6) is 0.489. The highest BCUT2D eigenvalue weighted by Crippen LogP contribution is 2.44. The number of amides is 1. The monoisotopic (exact) mass is 938 g/mol. The number of hydrogen-bond acceptors (Lipinski definition) is 12. The molecule has 3 aliphatic heterocycles. The molecule has 1 atom stereocenters. The minimum absolute atomic E-state index is 0.0133. The number of halogens is 1. The quantitative estimate of drug-likeness (QED) is 0.0912. The van der Waals surface area contributed by atoms with Crippen molar-refractivity contribution < 1.29 is 22.9 Å². The molecule has 4 aliphatic rings. The first-order valence-electron chi connectivity index (χ1n) is 22.3. The molecular formula is C48H55ClN8O6S2. The Hall–Kier alpha value is -4.97. The number of pyridine rings is 1. The van der Waals surface area contributed by atoms with E-state index < -0.39 is 20.9 Å². The highest BCUT2D eigenvalue weighted by molar-refractivity contribution is 7.99. The van der Waals surface area contributed by atoms with Crippen LogP contribution >= 0.6 is 23.4 Å². The van der Waals surface area contributed by atoms with E-state index in [1.807, 2.05) is 18.2 Å². The van der Waals surface area contributed by atoms with Crippen molar-refractivity contribution in [2.24, 2.45) is 11.3 Å². The minimum atomic E-state index is -4.56. The zero-order valence-electron chi connectivity index (χ0n) is 37.0. The van der Waals surface area contributed by atoms with Gasteiger partial charge in [-0.3, -0.25) is 19.8 Å². The molecule has 1 amide bonds. The lowest BCUT2D eigenvalue weighted by Gasteiger charge is -2.39. The first-order valence-corrected chi connectivity index (χ1v) is 25.1. The number of carbonyl (C=O) groups excluding carboxylic acids is 1. The normalized spacial score (nSPS) is 19.9. The molecule has 2 fully saturated rings. The van der Waals surface area contributed by atoms with E-state index in [-0.39, 0.29) is 33.2 Å². The lowest BCUT2D eigenvalue weighted by Crippen LogP contribution is -2.47. The van der Waals surface area contributed by atoms with E-state index in [9.17, 15) is 23.3 Å². The highest BCUT2D eigenvalue weighted by Gasteiger charge is 2.34. The molecule has 14 nitrogen and oxygen atoms in total. The van der Waals surface area contributed by atoms with Gasteiger partial charge in [-0.25, -0.2) is 18.1 Å². The molecule has 2 N–H and O–H groups in total. The zero-order valence-corrected chi connectivity index (χ0v) is 39.4. The van der Waals surface area contributed by atoms with Crippen LogP contribution in [0.15, 0.2) is 94.5 Å². The Kier molecular flexibility index (Phi) is 13.0. The van der Waals surface area contributed by atoms with Crippen LogP contribution in [0.1, 0.15) is 54.6 Å². The van der Waals surface area contributed by atoms with Crippen molar-refractivity contribution in [1.29, 1.82) is 0 Å². The summed E-state index contributed by atoms with van der Waals surface area (Å²) in [7, 11) is -2.45. The maximum atomic E-state index is 14.1. The van der Waals surface area contributed by atoms with E-state index >= 15 is 0 Å². The predicted molar refractivity (Wildman–Crippen MR) is 257 cm³/mol. The summed E-state index contributed by atoms with van der Waals surface area (Å²) in [6.45, 7) is 13.4. The van der Waals surface area contributed by atoms with Crippen LogP contribution in [0.4, 0.5) is 11.4 Å². The SMILES string of the molecule is CN1CCN(C[C@H]2CSc3cc(S(=O)(=O)NC(=O)c4ccc(N5CCN(CC6=C(c7ccc(Cl)cc7)CC(C)(C)CC6)CC5)cc4Oc4cnc5[nH]ccc5c4)cc([N+](=O)[O-])c3C2)CC1. The number of H-pyrrole nitrogens is 1. The molecule has 3 aromatic carbocycles. The average molecular weight is 940 g/mol. The van der Waals surface area contributed by atoms with Gasteiger partial charge in [0.2, 0.25) is 0 Å². The molecular weight excluding hydrogens is 884 g/mol. The van der Waals surface area contributed by atoms with Crippen LogP contribution in [-0.4, -0.2) is 122 Å². The number of nitro groups is 1. The average Bonchev–Trinajstić information content (AvgIpc) is 3.76. The maximum absolute atomic E-state index is 14.1. The standard InChI is InChI=1S/C48H55ClN8O6S2/c1-48(2)12-10-35(42(27-48)33-4-6-36(49)7-5-33)30-55-18-20-56(21-19-55)37-8-9-40(44(24-37)63-38-23-34-11-13-50-46(34)51-28-38)47(58)52-65(61,62)39-25-43(57(59)60)41-22-32(31-64-45(41)26-39)29-54-16-14-53(3)15-17-54/h4-9,11,13,23-26,28,32H,10,12,14-22,27,29-31H2,1-3H3,(H,50,51)(H,52,58)/t32-/m0/s1. The summed E-state index contributed by atoms with van der Waals surface area (Å²) in [4.78, 5) is 43.2. The van der Waals surface area contributed by atoms with Gasteiger partial charge in [0, 0.05) is 116 Å². The number of sulfonamides is 1. The van der Waals surface area contributed by atoms with Crippen LogP contribution < -0.4 is 14.4 Å². The lowest BCUT2D eigenvalue weighted by atomic mass is 9.72. The number of fused-ring (bicyclic) bond motifs is 2. The second kappa shape index (κ2) is 18.7. The number of ether oxygens (including phenoxy) is 1. The number of allylic oxidation sites excluding steroid dienone is 1. The molecule has 65 heavy (non-hydrogen) atoms. The molecule has 0 saturated carbocycles. The number of aromatic amines is 1. The summed E-state index contributed by atoms with van der Waals surface area (Å²) in [5.41, 5.74) is 6.11. The molecule has 1 aliphatic carbocycles. The minimum Gasteiger partial charge on any atom is -0.455 e. The number of hydrogen-bond donors (Lipinski definition) is 2. The fraction of sp³-hybridized carbons (Fsp3) is 0.417. The third-order valence-electron chi connectivity index (χ3n) is 13.3. The van der Waals surface area contributed by atoms with Crippen LogP contribution in [0.5, 0.6) is 11.5 Å². The smallest absolute Gasteiger partial charge is 0.275 e. The third kappa shape index (κ3) is 10.4. The summed E-state index contributed by atoms with van der Waals surface area (Å²) >= 11 is 7.69. The fourth-order valence-corrected chi connectivity index (χ4v) is 12.0. The fourth-order valence-electron chi connectivity index (χ4n) is 9.54. The number of nitrogens with one attached hydrogen (secondary N) is 2. The molecule has 0 bridgehead atoms. The van der Waals surface area contributed by atoms with Crippen LogP contribution in [0.25, 0.3) is 16.6 Å². The molecule has 9 rings (SSSR count). The van der Waals surface area contributed by atoms with E-state index in [1.165, 1.54) is 34.5 Å². The molecule has 5 heterocycles. The first kappa shape index (κ1) is 45.2. The number of benzene rings is 3. The van der Waals surface area contributed by atoms with Crippen molar-refractivity contribution in [2.45, 2.75) is 49.3 Å². The van der Waals surface area contributed by atoms with Crippen molar-refractivity contribution in [3.05, 3.63) is 117 Å². The number of rotatable bonds is 12. The highest BCUT2D eigenvalue weighted by atomic mass is 35.5. The maximum Gasteiger partial charge on any atom is 0.275 e. The van der Waals surface area contributed by atoms with Gasteiger partial charge in [0.25, 0.3) is 21.6 Å². The Morgan fingerprint density at radius 1 is 1.00 bits per heavy atom. The van der Waals surface area contributed by atoms with Crippen LogP contribution in [-0.2, 0) is 16.4 Å². The molecule has 0 radical (unpaired) electrons. The molecule has 2 saturated heterocycles. The van der Waals surface area contributed by atoms with Crippen molar-refractivity contribution in [3.63, 3.8) is 0 Å². The second-order valence-corrected chi connectivity index (χ2v) is 21.8. The van der Waals surface area contributed by atoms with Crippen molar-refractivity contribution in [1.82, 2.24) is 29.4 Å². The number of aromatic nitrogens is 2. The Bertz CT molecular complexity index is 2750. The summed E-state index contributed by atoms with van der Waals surface area (Å²) in [5, 5.41) is 14.0. The molecule has 5 aromatic rings. The molecule has 0 unspecified atom stereocenters. The van der Waals surface area contributed by atoms with Crippen molar-refractivity contribution in [2.75, 3.05) is 83.1 Å². The second-order valence-electron chi connectivity index (χ2n) is 18.7. The number of nitro benzene ring substituents is 1. The van der Waals surface area contributed by atoms with Gasteiger partial charge in [0.05, 0.1) is 21.6 Å². The predicted octanol–water partition coefficient (Wildman–Crippen LogP) is 8.33. The number of nitrogens with zero attached hydrogens (tertiary/aromatic N) is 6. The topological polar surface area (TPSA) is 157 Å².